The first kappa shape index (κ1) is 6.83. The van der Waals surface area contributed by atoms with Gasteiger partial charge in [-0.2, -0.15) is 16.9 Å². The number of hydrogen-bond donors (Lipinski definition) is 1. The lowest BCUT2D eigenvalue weighted by molar-refractivity contribution is 0.644. The zero-order chi connectivity index (χ0) is 8.13. The Morgan fingerprint density at radius 3 is 2.92 bits per heavy atom. The first-order chi connectivity index (χ1) is 5.86. The van der Waals surface area contributed by atoms with E-state index in [1.165, 1.54) is 24.1 Å². The van der Waals surface area contributed by atoms with Crippen LogP contribution in [-0.4, -0.2) is 9.78 Å². The quantitative estimate of drug-likeness (QED) is 0.714. The van der Waals surface area contributed by atoms with Crippen molar-refractivity contribution in [2.75, 3.05) is 5.73 Å². The minimum Gasteiger partial charge on any atom is -0.384 e. The van der Waals surface area contributed by atoms with Crippen molar-refractivity contribution < 1.29 is 0 Å². The molecule has 2 N–H and O–H groups in total. The third-order valence-electron chi connectivity index (χ3n) is 2.51. The van der Waals surface area contributed by atoms with Gasteiger partial charge in [0.1, 0.15) is 5.82 Å². The van der Waals surface area contributed by atoms with E-state index in [2.05, 4.69) is 5.10 Å². The van der Waals surface area contributed by atoms with Crippen LogP contribution in [0.15, 0.2) is 0 Å². The van der Waals surface area contributed by atoms with Crippen LogP contribution in [0.4, 0.5) is 5.82 Å². The Labute approximate surface area is 75.3 Å². The summed E-state index contributed by atoms with van der Waals surface area (Å²) in [5.41, 5.74) is 8.51. The van der Waals surface area contributed by atoms with Gasteiger partial charge in [0.25, 0.3) is 0 Å². The van der Waals surface area contributed by atoms with Crippen molar-refractivity contribution >= 4 is 17.6 Å². The molecule has 1 aromatic rings. The lowest BCUT2D eigenvalue weighted by Crippen LogP contribution is -2.03. The average molecular weight is 181 g/mol. The van der Waals surface area contributed by atoms with Crippen LogP contribution in [0.3, 0.4) is 0 Å². The molecular formula is C8H11N3S. The molecule has 64 valence electrons. The maximum atomic E-state index is 5.98. The maximum Gasteiger partial charge on any atom is 0.126 e. The van der Waals surface area contributed by atoms with Gasteiger partial charge in [0.2, 0.25) is 0 Å². The van der Waals surface area contributed by atoms with Gasteiger partial charge in [0.05, 0.1) is 11.7 Å². The standard InChI is InChI=1S/C8H11N3S/c9-8-6-3-12-4-7(6)10-11(8)5-1-2-5/h5H,1-4,9H2. The van der Waals surface area contributed by atoms with E-state index in [-0.39, 0.29) is 0 Å². The Hall–Kier alpha value is -0.640. The van der Waals surface area contributed by atoms with Crippen molar-refractivity contribution in [1.29, 1.82) is 0 Å². The molecular weight excluding hydrogens is 170 g/mol. The highest BCUT2D eigenvalue weighted by Gasteiger charge is 2.30. The van der Waals surface area contributed by atoms with Gasteiger partial charge in [-0.1, -0.05) is 0 Å². The predicted molar refractivity (Wildman–Crippen MR) is 49.9 cm³/mol. The van der Waals surface area contributed by atoms with Crippen LogP contribution in [0.1, 0.15) is 30.1 Å². The molecule has 3 rings (SSSR count). The number of nitrogen functional groups attached to an aromatic ring is 1. The summed E-state index contributed by atoms with van der Waals surface area (Å²) in [6.45, 7) is 0. The fourth-order valence-corrected chi connectivity index (χ4v) is 2.70. The van der Waals surface area contributed by atoms with Crippen LogP contribution in [0.5, 0.6) is 0 Å². The summed E-state index contributed by atoms with van der Waals surface area (Å²) in [7, 11) is 0. The van der Waals surface area contributed by atoms with Gasteiger partial charge >= 0.3 is 0 Å². The van der Waals surface area contributed by atoms with Gasteiger partial charge in [-0.25, -0.2) is 4.68 Å². The molecule has 1 saturated carbocycles. The summed E-state index contributed by atoms with van der Waals surface area (Å²) < 4.78 is 2.03. The third kappa shape index (κ3) is 0.813. The van der Waals surface area contributed by atoms with E-state index in [4.69, 9.17) is 5.73 Å². The molecule has 2 aliphatic rings. The van der Waals surface area contributed by atoms with E-state index in [9.17, 15) is 0 Å². The zero-order valence-corrected chi connectivity index (χ0v) is 7.60. The molecule has 0 aromatic carbocycles. The van der Waals surface area contributed by atoms with Crippen molar-refractivity contribution in [1.82, 2.24) is 9.78 Å². The van der Waals surface area contributed by atoms with E-state index < -0.39 is 0 Å². The highest BCUT2D eigenvalue weighted by Crippen LogP contribution is 2.41. The third-order valence-corrected chi connectivity index (χ3v) is 3.48. The monoisotopic (exact) mass is 181 g/mol. The number of thioether (sulfide) groups is 1. The second-order valence-electron chi connectivity index (χ2n) is 3.48. The molecule has 0 atom stereocenters. The van der Waals surface area contributed by atoms with Crippen molar-refractivity contribution in [2.45, 2.75) is 30.4 Å². The van der Waals surface area contributed by atoms with Crippen LogP contribution >= 0.6 is 11.8 Å². The molecule has 0 amide bonds. The topological polar surface area (TPSA) is 43.8 Å². The van der Waals surface area contributed by atoms with Gasteiger partial charge in [-0.05, 0) is 12.8 Å². The van der Waals surface area contributed by atoms with E-state index in [1.807, 2.05) is 16.4 Å². The molecule has 4 heteroatoms. The van der Waals surface area contributed by atoms with Crippen LogP contribution in [0.2, 0.25) is 0 Å². The summed E-state index contributed by atoms with van der Waals surface area (Å²) in [4.78, 5) is 0. The van der Waals surface area contributed by atoms with Gasteiger partial charge in [-0.3, -0.25) is 0 Å². The van der Waals surface area contributed by atoms with E-state index in [0.717, 1.165) is 17.3 Å². The molecule has 1 aliphatic carbocycles. The first-order valence-electron chi connectivity index (χ1n) is 4.30. The molecule has 1 aromatic heterocycles. The fraction of sp³-hybridized carbons (Fsp3) is 0.625. The van der Waals surface area contributed by atoms with Crippen molar-refractivity contribution in [2.24, 2.45) is 0 Å². The molecule has 0 bridgehead atoms. The fourth-order valence-electron chi connectivity index (χ4n) is 1.65. The van der Waals surface area contributed by atoms with Gasteiger partial charge < -0.3 is 5.73 Å². The summed E-state index contributed by atoms with van der Waals surface area (Å²) in [5.74, 6) is 3.05. The van der Waals surface area contributed by atoms with E-state index >= 15 is 0 Å². The van der Waals surface area contributed by atoms with Gasteiger partial charge in [0, 0.05) is 17.1 Å². The Bertz CT molecular complexity index is 327. The lowest BCUT2D eigenvalue weighted by Gasteiger charge is -2.01. The number of nitrogens with zero attached hydrogens (tertiary/aromatic N) is 2. The van der Waals surface area contributed by atoms with Crippen molar-refractivity contribution in [3.63, 3.8) is 0 Å². The maximum absolute atomic E-state index is 5.98. The molecule has 3 nitrogen and oxygen atoms in total. The smallest absolute Gasteiger partial charge is 0.126 e. The van der Waals surface area contributed by atoms with Crippen LogP contribution in [0, 0.1) is 0 Å². The Morgan fingerprint density at radius 2 is 2.25 bits per heavy atom. The summed E-state index contributed by atoms with van der Waals surface area (Å²) in [6.07, 6.45) is 2.52. The SMILES string of the molecule is Nc1c2c(nn1C1CC1)CSC2. The number of fused-ring (bicyclic) bond motifs is 1. The number of anilines is 1. The number of rotatable bonds is 1. The van der Waals surface area contributed by atoms with Crippen molar-refractivity contribution in [3.05, 3.63) is 11.3 Å². The molecule has 0 spiro atoms. The van der Waals surface area contributed by atoms with Crippen LogP contribution in [-0.2, 0) is 11.5 Å². The number of aromatic nitrogens is 2. The molecule has 12 heavy (non-hydrogen) atoms. The largest absolute Gasteiger partial charge is 0.384 e. The normalized spacial score (nSPS) is 21.3. The minimum atomic E-state index is 0.626. The number of hydrogen-bond acceptors (Lipinski definition) is 3. The molecule has 0 unspecified atom stereocenters. The van der Waals surface area contributed by atoms with Gasteiger partial charge in [-0.15, -0.1) is 0 Å². The second-order valence-corrected chi connectivity index (χ2v) is 4.46. The zero-order valence-electron chi connectivity index (χ0n) is 6.79. The Kier molecular flexibility index (Phi) is 1.25. The number of nitrogens with two attached hydrogens (primary N) is 1. The molecule has 0 radical (unpaired) electrons. The Balaban J connectivity index is 2.10. The van der Waals surface area contributed by atoms with E-state index in [0.29, 0.717) is 6.04 Å². The van der Waals surface area contributed by atoms with Crippen molar-refractivity contribution in [3.8, 4) is 0 Å². The average Bonchev–Trinajstić information content (AvgIpc) is 2.71. The van der Waals surface area contributed by atoms with Gasteiger partial charge in [0.15, 0.2) is 0 Å². The second kappa shape index (κ2) is 2.19. The molecule has 0 saturated heterocycles. The first-order valence-corrected chi connectivity index (χ1v) is 5.45. The lowest BCUT2D eigenvalue weighted by atomic mass is 10.3. The van der Waals surface area contributed by atoms with E-state index in [1.54, 1.807) is 0 Å². The highest BCUT2D eigenvalue weighted by atomic mass is 32.2. The molecule has 1 fully saturated rings. The summed E-state index contributed by atoms with van der Waals surface area (Å²) in [6, 6.07) is 0.626. The highest BCUT2D eigenvalue weighted by molar-refractivity contribution is 7.98. The predicted octanol–water partition coefficient (Wildman–Crippen LogP) is 1.55. The summed E-state index contributed by atoms with van der Waals surface area (Å²) in [5, 5.41) is 4.52. The van der Waals surface area contributed by atoms with Crippen LogP contribution < -0.4 is 5.73 Å². The van der Waals surface area contributed by atoms with Crippen LogP contribution in [0.25, 0.3) is 0 Å². The minimum absolute atomic E-state index is 0.626. The Morgan fingerprint density at radius 1 is 1.42 bits per heavy atom. The summed E-state index contributed by atoms with van der Waals surface area (Å²) >= 11 is 1.91. The molecule has 2 heterocycles. The molecule has 1 aliphatic heterocycles.